The second kappa shape index (κ2) is 7.46. The van der Waals surface area contributed by atoms with Crippen molar-refractivity contribution in [3.8, 4) is 11.4 Å². The zero-order valence-electron chi connectivity index (χ0n) is 13.8. The molecule has 1 aromatic heterocycles. The van der Waals surface area contributed by atoms with Crippen molar-refractivity contribution in [2.24, 2.45) is 5.84 Å². The molecule has 128 valence electrons. The summed E-state index contributed by atoms with van der Waals surface area (Å²) in [6.45, 7) is 2.68. The van der Waals surface area contributed by atoms with Crippen molar-refractivity contribution in [2.75, 3.05) is 5.01 Å². The van der Waals surface area contributed by atoms with Crippen LogP contribution in [0, 0.1) is 0 Å². The molecule has 0 fully saturated rings. The Morgan fingerprint density at radius 1 is 1.08 bits per heavy atom. The SMILES string of the molecule is CCn1c(-c2ccccc2Cl)nc(N(N)Cc2ccccc2)nc1=O. The number of hydrazine groups is 1. The van der Waals surface area contributed by atoms with E-state index in [4.69, 9.17) is 17.4 Å². The van der Waals surface area contributed by atoms with E-state index in [1.807, 2.05) is 55.5 Å². The van der Waals surface area contributed by atoms with Crippen LogP contribution in [0.3, 0.4) is 0 Å². The summed E-state index contributed by atoms with van der Waals surface area (Å²) in [5, 5.41) is 1.87. The van der Waals surface area contributed by atoms with Crippen LogP contribution in [0.2, 0.25) is 5.02 Å². The van der Waals surface area contributed by atoms with Crippen LogP contribution in [0.5, 0.6) is 0 Å². The molecule has 0 unspecified atom stereocenters. The molecule has 3 aromatic rings. The van der Waals surface area contributed by atoms with Gasteiger partial charge in [0, 0.05) is 12.1 Å². The number of hydrogen-bond acceptors (Lipinski definition) is 5. The lowest BCUT2D eigenvalue weighted by atomic mass is 10.2. The van der Waals surface area contributed by atoms with Crippen LogP contribution in [0.25, 0.3) is 11.4 Å². The minimum Gasteiger partial charge on any atom is -0.276 e. The number of benzene rings is 2. The second-order valence-electron chi connectivity index (χ2n) is 5.47. The number of nitrogens with zero attached hydrogens (tertiary/aromatic N) is 4. The van der Waals surface area contributed by atoms with Gasteiger partial charge in [0.15, 0.2) is 0 Å². The van der Waals surface area contributed by atoms with Crippen molar-refractivity contribution in [3.63, 3.8) is 0 Å². The molecule has 0 aliphatic carbocycles. The minimum atomic E-state index is -0.411. The predicted octanol–water partition coefficient (Wildman–Crippen LogP) is 2.86. The zero-order chi connectivity index (χ0) is 17.8. The average Bonchev–Trinajstić information content (AvgIpc) is 2.62. The van der Waals surface area contributed by atoms with Gasteiger partial charge in [-0.15, -0.1) is 0 Å². The summed E-state index contributed by atoms with van der Waals surface area (Å²) < 4.78 is 1.47. The molecule has 25 heavy (non-hydrogen) atoms. The van der Waals surface area contributed by atoms with Gasteiger partial charge in [-0.05, 0) is 24.6 Å². The Kier molecular flexibility index (Phi) is 5.11. The zero-order valence-corrected chi connectivity index (χ0v) is 14.5. The van der Waals surface area contributed by atoms with E-state index in [1.54, 1.807) is 6.07 Å². The first-order valence-corrected chi connectivity index (χ1v) is 8.28. The lowest BCUT2D eigenvalue weighted by Gasteiger charge is -2.19. The average molecular weight is 356 g/mol. The molecule has 0 spiro atoms. The van der Waals surface area contributed by atoms with Gasteiger partial charge in [0.2, 0.25) is 5.95 Å². The topological polar surface area (TPSA) is 77.0 Å². The Morgan fingerprint density at radius 2 is 1.76 bits per heavy atom. The first-order valence-electron chi connectivity index (χ1n) is 7.90. The third-order valence-electron chi connectivity index (χ3n) is 3.77. The maximum atomic E-state index is 12.4. The molecule has 2 N–H and O–H groups in total. The number of anilines is 1. The molecule has 0 aliphatic rings. The van der Waals surface area contributed by atoms with Gasteiger partial charge in [-0.2, -0.15) is 9.97 Å². The van der Waals surface area contributed by atoms with E-state index in [9.17, 15) is 4.79 Å². The van der Waals surface area contributed by atoms with Gasteiger partial charge in [-0.25, -0.2) is 10.6 Å². The summed E-state index contributed by atoms with van der Waals surface area (Å²) in [4.78, 5) is 20.9. The molecule has 0 atom stereocenters. The highest BCUT2D eigenvalue weighted by molar-refractivity contribution is 6.33. The van der Waals surface area contributed by atoms with E-state index in [0.29, 0.717) is 29.5 Å². The third kappa shape index (κ3) is 3.70. The summed E-state index contributed by atoms with van der Waals surface area (Å²) in [5.41, 5.74) is 1.25. The largest absolute Gasteiger partial charge is 0.352 e. The number of hydrogen-bond donors (Lipinski definition) is 1. The quantitative estimate of drug-likeness (QED) is 0.562. The van der Waals surface area contributed by atoms with Crippen molar-refractivity contribution in [1.29, 1.82) is 0 Å². The van der Waals surface area contributed by atoms with Gasteiger partial charge in [0.05, 0.1) is 11.6 Å². The third-order valence-corrected chi connectivity index (χ3v) is 4.10. The van der Waals surface area contributed by atoms with E-state index in [0.717, 1.165) is 5.56 Å². The molecule has 0 bridgehead atoms. The molecular formula is C18H18ClN5O. The van der Waals surface area contributed by atoms with Crippen molar-refractivity contribution in [1.82, 2.24) is 14.5 Å². The lowest BCUT2D eigenvalue weighted by Crippen LogP contribution is -2.36. The Balaban J connectivity index is 2.05. The van der Waals surface area contributed by atoms with Crippen LogP contribution in [-0.2, 0) is 13.1 Å². The molecule has 7 heteroatoms. The normalized spacial score (nSPS) is 10.7. The Hall–Kier alpha value is -2.70. The fraction of sp³-hybridized carbons (Fsp3) is 0.167. The summed E-state index contributed by atoms with van der Waals surface area (Å²) in [6.07, 6.45) is 0. The Bertz CT molecular complexity index is 926. The van der Waals surface area contributed by atoms with E-state index >= 15 is 0 Å². The first-order chi connectivity index (χ1) is 12.1. The molecule has 6 nitrogen and oxygen atoms in total. The van der Waals surface area contributed by atoms with Crippen molar-refractivity contribution < 1.29 is 0 Å². The lowest BCUT2D eigenvalue weighted by molar-refractivity contribution is 0.671. The maximum Gasteiger partial charge on any atom is 0.352 e. The Labute approximate surface area is 150 Å². The van der Waals surface area contributed by atoms with E-state index in [2.05, 4.69) is 9.97 Å². The number of nitrogens with two attached hydrogens (primary N) is 1. The van der Waals surface area contributed by atoms with Crippen LogP contribution in [-0.4, -0.2) is 14.5 Å². The molecule has 2 aromatic carbocycles. The number of halogens is 1. The van der Waals surface area contributed by atoms with E-state index in [1.165, 1.54) is 9.58 Å². The molecule has 0 amide bonds. The van der Waals surface area contributed by atoms with Gasteiger partial charge >= 0.3 is 5.69 Å². The fourth-order valence-corrected chi connectivity index (χ4v) is 2.75. The van der Waals surface area contributed by atoms with Crippen molar-refractivity contribution >= 4 is 17.5 Å². The molecular weight excluding hydrogens is 338 g/mol. The minimum absolute atomic E-state index is 0.161. The molecule has 0 saturated heterocycles. The van der Waals surface area contributed by atoms with Crippen LogP contribution in [0.15, 0.2) is 59.4 Å². The maximum absolute atomic E-state index is 12.4. The number of aromatic nitrogens is 3. The highest BCUT2D eigenvalue weighted by atomic mass is 35.5. The molecule has 3 rings (SSSR count). The highest BCUT2D eigenvalue weighted by Gasteiger charge is 2.16. The van der Waals surface area contributed by atoms with Gasteiger partial charge in [-0.3, -0.25) is 9.58 Å². The van der Waals surface area contributed by atoms with Gasteiger partial charge < -0.3 is 0 Å². The van der Waals surface area contributed by atoms with Crippen LogP contribution in [0.1, 0.15) is 12.5 Å². The summed E-state index contributed by atoms with van der Waals surface area (Å²) in [6, 6.07) is 16.9. The van der Waals surface area contributed by atoms with E-state index in [-0.39, 0.29) is 5.95 Å². The first kappa shape index (κ1) is 17.1. The molecule has 0 saturated carbocycles. The molecule has 0 radical (unpaired) electrons. The van der Waals surface area contributed by atoms with Crippen LogP contribution < -0.4 is 16.5 Å². The van der Waals surface area contributed by atoms with E-state index < -0.39 is 5.69 Å². The van der Waals surface area contributed by atoms with Crippen LogP contribution >= 0.6 is 11.6 Å². The predicted molar refractivity (Wildman–Crippen MR) is 99.2 cm³/mol. The molecule has 1 heterocycles. The van der Waals surface area contributed by atoms with Crippen LogP contribution in [0.4, 0.5) is 5.95 Å². The molecule has 0 aliphatic heterocycles. The van der Waals surface area contributed by atoms with Crippen molar-refractivity contribution in [2.45, 2.75) is 20.0 Å². The number of rotatable bonds is 5. The summed E-state index contributed by atoms with van der Waals surface area (Å²) in [7, 11) is 0. The summed E-state index contributed by atoms with van der Waals surface area (Å²) in [5.74, 6) is 6.71. The van der Waals surface area contributed by atoms with Crippen molar-refractivity contribution in [3.05, 3.63) is 75.7 Å². The fourth-order valence-electron chi connectivity index (χ4n) is 2.53. The monoisotopic (exact) mass is 355 g/mol. The highest BCUT2D eigenvalue weighted by Crippen LogP contribution is 2.26. The van der Waals surface area contributed by atoms with Gasteiger partial charge in [0.25, 0.3) is 0 Å². The second-order valence-corrected chi connectivity index (χ2v) is 5.87. The Morgan fingerprint density at radius 3 is 2.44 bits per heavy atom. The van der Waals surface area contributed by atoms with Gasteiger partial charge in [0.1, 0.15) is 5.82 Å². The smallest absolute Gasteiger partial charge is 0.276 e. The standard InChI is InChI=1S/C18H18ClN5O/c1-2-23-16(14-10-6-7-11-15(14)19)21-17(22-18(23)25)24(20)12-13-8-4-3-5-9-13/h3-11H,2,12,20H2,1H3. The summed E-state index contributed by atoms with van der Waals surface area (Å²) >= 11 is 6.28. The van der Waals surface area contributed by atoms with Gasteiger partial charge in [-0.1, -0.05) is 54.1 Å².